The molecule has 4 aromatic rings. The molecule has 1 aromatic carbocycles. The Labute approximate surface area is 129 Å². The van der Waals surface area contributed by atoms with Gasteiger partial charge in [-0.2, -0.15) is 0 Å². The number of halogens is 1. The second-order valence-electron chi connectivity index (χ2n) is 4.77. The van der Waals surface area contributed by atoms with Crippen LogP contribution in [0.2, 0.25) is 5.15 Å². The average molecular weight is 310 g/mol. The Kier molecular flexibility index (Phi) is 2.87. The van der Waals surface area contributed by atoms with Crippen molar-refractivity contribution >= 4 is 33.5 Å². The van der Waals surface area contributed by atoms with Gasteiger partial charge >= 0.3 is 0 Å². The highest BCUT2D eigenvalue weighted by Gasteiger charge is 2.10. The number of pyridine rings is 1. The second kappa shape index (κ2) is 4.89. The van der Waals surface area contributed by atoms with E-state index in [2.05, 4.69) is 15.0 Å². The van der Waals surface area contributed by atoms with Gasteiger partial charge in [-0.1, -0.05) is 17.7 Å². The predicted molar refractivity (Wildman–Crippen MR) is 83.8 cm³/mol. The van der Waals surface area contributed by atoms with Crippen LogP contribution in [-0.2, 0) is 0 Å². The SMILES string of the molecule is O=c1c2cnc(Cl)cc2oc2ccc(-c3cncnc3)cc12. The Morgan fingerprint density at radius 2 is 1.73 bits per heavy atom. The van der Waals surface area contributed by atoms with Crippen LogP contribution < -0.4 is 5.43 Å². The molecule has 6 heteroatoms. The molecule has 0 radical (unpaired) electrons. The molecule has 0 bridgehead atoms. The molecule has 0 aliphatic carbocycles. The molecular formula is C16H8ClN3O2. The van der Waals surface area contributed by atoms with Crippen LogP contribution in [-0.4, -0.2) is 15.0 Å². The molecule has 0 unspecified atom stereocenters. The van der Waals surface area contributed by atoms with Gasteiger partial charge in [-0.25, -0.2) is 15.0 Å². The summed E-state index contributed by atoms with van der Waals surface area (Å²) in [5.74, 6) is 0. The topological polar surface area (TPSA) is 68.9 Å². The Bertz CT molecular complexity index is 1060. The molecule has 0 amide bonds. The van der Waals surface area contributed by atoms with Gasteiger partial charge in [-0.15, -0.1) is 0 Å². The zero-order chi connectivity index (χ0) is 15.1. The number of hydrogen-bond acceptors (Lipinski definition) is 5. The van der Waals surface area contributed by atoms with Crippen LogP contribution in [0.25, 0.3) is 33.1 Å². The van der Waals surface area contributed by atoms with E-state index in [0.29, 0.717) is 21.9 Å². The summed E-state index contributed by atoms with van der Waals surface area (Å²) < 4.78 is 5.74. The number of aromatic nitrogens is 3. The minimum absolute atomic E-state index is 0.140. The number of benzene rings is 1. The van der Waals surface area contributed by atoms with Crippen LogP contribution >= 0.6 is 11.6 Å². The Balaban J connectivity index is 2.04. The summed E-state index contributed by atoms with van der Waals surface area (Å²) in [4.78, 5) is 24.5. The molecule has 3 heterocycles. The van der Waals surface area contributed by atoms with E-state index in [1.54, 1.807) is 24.5 Å². The van der Waals surface area contributed by atoms with Crippen LogP contribution in [0.15, 0.2) is 58.4 Å². The molecule has 0 atom stereocenters. The van der Waals surface area contributed by atoms with Gasteiger partial charge in [-0.3, -0.25) is 4.79 Å². The average Bonchev–Trinajstić information content (AvgIpc) is 2.55. The van der Waals surface area contributed by atoms with Crippen molar-refractivity contribution in [2.24, 2.45) is 0 Å². The quantitative estimate of drug-likeness (QED) is 0.398. The third-order valence-electron chi connectivity index (χ3n) is 3.42. The van der Waals surface area contributed by atoms with E-state index in [1.165, 1.54) is 18.6 Å². The fraction of sp³-hybridized carbons (Fsp3) is 0. The van der Waals surface area contributed by atoms with Crippen molar-refractivity contribution in [3.63, 3.8) is 0 Å². The van der Waals surface area contributed by atoms with E-state index in [1.807, 2.05) is 6.07 Å². The minimum atomic E-state index is -0.140. The molecule has 0 N–H and O–H groups in total. The zero-order valence-electron chi connectivity index (χ0n) is 11.2. The van der Waals surface area contributed by atoms with Crippen molar-refractivity contribution in [1.82, 2.24) is 15.0 Å². The van der Waals surface area contributed by atoms with Gasteiger partial charge < -0.3 is 4.42 Å². The van der Waals surface area contributed by atoms with Crippen LogP contribution in [0.1, 0.15) is 0 Å². The highest BCUT2D eigenvalue weighted by Crippen LogP contribution is 2.25. The van der Waals surface area contributed by atoms with E-state index < -0.39 is 0 Å². The second-order valence-corrected chi connectivity index (χ2v) is 5.16. The Morgan fingerprint density at radius 1 is 0.909 bits per heavy atom. The smallest absolute Gasteiger partial charge is 0.202 e. The Morgan fingerprint density at radius 3 is 2.55 bits per heavy atom. The van der Waals surface area contributed by atoms with Gasteiger partial charge in [0.2, 0.25) is 5.43 Å². The summed E-state index contributed by atoms with van der Waals surface area (Å²) in [6.07, 6.45) is 6.28. The normalized spacial score (nSPS) is 11.1. The summed E-state index contributed by atoms with van der Waals surface area (Å²) in [5, 5.41) is 1.17. The first kappa shape index (κ1) is 12.9. The van der Waals surface area contributed by atoms with E-state index in [0.717, 1.165) is 11.1 Å². The first-order valence-corrected chi connectivity index (χ1v) is 6.88. The van der Waals surface area contributed by atoms with Crippen molar-refractivity contribution in [2.45, 2.75) is 0 Å². The number of rotatable bonds is 1. The predicted octanol–water partition coefficient (Wildman–Crippen LogP) is 3.45. The third-order valence-corrected chi connectivity index (χ3v) is 3.62. The molecule has 0 aliphatic heterocycles. The number of hydrogen-bond donors (Lipinski definition) is 0. The lowest BCUT2D eigenvalue weighted by Crippen LogP contribution is -2.02. The van der Waals surface area contributed by atoms with Crippen molar-refractivity contribution < 1.29 is 4.42 Å². The van der Waals surface area contributed by atoms with Crippen molar-refractivity contribution in [2.75, 3.05) is 0 Å². The van der Waals surface area contributed by atoms with Crippen LogP contribution in [0.5, 0.6) is 0 Å². The number of nitrogens with zero attached hydrogens (tertiary/aromatic N) is 3. The summed E-state index contributed by atoms with van der Waals surface area (Å²) in [6, 6.07) is 6.93. The number of fused-ring (bicyclic) bond motifs is 2. The molecule has 3 aromatic heterocycles. The highest BCUT2D eigenvalue weighted by atomic mass is 35.5. The molecule has 0 fully saturated rings. The van der Waals surface area contributed by atoms with Gasteiger partial charge in [0, 0.05) is 30.2 Å². The van der Waals surface area contributed by atoms with E-state index in [4.69, 9.17) is 16.0 Å². The van der Waals surface area contributed by atoms with Gasteiger partial charge in [0.15, 0.2) is 0 Å². The first-order chi connectivity index (χ1) is 10.7. The molecule has 5 nitrogen and oxygen atoms in total. The van der Waals surface area contributed by atoms with Gasteiger partial charge in [0.1, 0.15) is 22.6 Å². The van der Waals surface area contributed by atoms with Crippen molar-refractivity contribution in [1.29, 1.82) is 0 Å². The molecule has 0 saturated carbocycles. The molecular weight excluding hydrogens is 302 g/mol. The van der Waals surface area contributed by atoms with E-state index in [9.17, 15) is 4.79 Å². The molecule has 0 spiro atoms. The molecule has 0 aliphatic rings. The van der Waals surface area contributed by atoms with E-state index >= 15 is 0 Å². The minimum Gasteiger partial charge on any atom is -0.456 e. The molecule has 22 heavy (non-hydrogen) atoms. The van der Waals surface area contributed by atoms with E-state index in [-0.39, 0.29) is 10.6 Å². The van der Waals surface area contributed by atoms with Crippen molar-refractivity contribution in [3.8, 4) is 11.1 Å². The van der Waals surface area contributed by atoms with Crippen LogP contribution in [0.4, 0.5) is 0 Å². The Hall–Kier alpha value is -2.79. The third kappa shape index (κ3) is 2.03. The summed E-state index contributed by atoms with van der Waals surface area (Å²) in [7, 11) is 0. The van der Waals surface area contributed by atoms with Crippen LogP contribution in [0, 0.1) is 0 Å². The van der Waals surface area contributed by atoms with Gasteiger partial charge in [0.25, 0.3) is 0 Å². The lowest BCUT2D eigenvalue weighted by atomic mass is 10.1. The van der Waals surface area contributed by atoms with Crippen LogP contribution in [0.3, 0.4) is 0 Å². The fourth-order valence-corrected chi connectivity index (χ4v) is 2.50. The first-order valence-electron chi connectivity index (χ1n) is 6.50. The fourth-order valence-electron chi connectivity index (χ4n) is 2.36. The molecule has 106 valence electrons. The monoisotopic (exact) mass is 309 g/mol. The maximum atomic E-state index is 12.6. The standard InChI is InChI=1S/C16H8ClN3O2/c17-15-4-14-12(7-20-15)16(21)11-3-9(1-2-13(11)22-14)10-5-18-8-19-6-10/h1-8H. The largest absolute Gasteiger partial charge is 0.456 e. The highest BCUT2D eigenvalue weighted by molar-refractivity contribution is 6.29. The van der Waals surface area contributed by atoms with Gasteiger partial charge in [-0.05, 0) is 17.7 Å². The molecule has 4 rings (SSSR count). The summed E-state index contributed by atoms with van der Waals surface area (Å²) >= 11 is 5.84. The summed E-state index contributed by atoms with van der Waals surface area (Å²) in [6.45, 7) is 0. The van der Waals surface area contributed by atoms with Gasteiger partial charge in [0.05, 0.1) is 10.8 Å². The molecule has 0 saturated heterocycles. The van der Waals surface area contributed by atoms with Crippen molar-refractivity contribution in [3.05, 3.63) is 64.6 Å². The maximum Gasteiger partial charge on any atom is 0.202 e. The zero-order valence-corrected chi connectivity index (χ0v) is 11.9. The summed E-state index contributed by atoms with van der Waals surface area (Å²) in [5.41, 5.74) is 2.47. The lowest BCUT2D eigenvalue weighted by molar-refractivity contribution is 0.659. The lowest BCUT2D eigenvalue weighted by Gasteiger charge is -2.04. The maximum absolute atomic E-state index is 12.6.